The standard InChI is InChI=1S/C104H205O25PS/c1-72(2)33-21-37-76(9)41-25-45-80(13)49-29-53-84(17)57-61-117-66-88(119-63-59-86(19)55-31-51-82(15)47-27-43-78(11)39-23-35-74(5)6)68-121-104-101(128-103-98(111)96(109)93(106)91(126-103)70-122-102-99(112)100(129-131(115)116)95(108)90(65-105)125-102)97(110)94(107)92(127-104)71-124-130(113,114)123-69-89(120-64-60-87(20)56-32-52-83(16)48-28-44-79(12)40-24-36-75(7)8)67-118-62-58-85(18)54-30-50-81(14)46-26-42-77(10)38-22-34-73(3)4/h72-112H,21-71H2,1-20H3,(H,113,114)(H,115,116)/t76?,77?,78?,79?,80?,81?,82?,83?,84?,85?,86?,87?,88?,89?,90-,91-,92-,93-,94-,95+,96+,97+,98+,99-,100+,101-,102-,103?,104+/m1/s1. The van der Waals surface area contributed by atoms with E-state index in [4.69, 9.17) is 60.6 Å². The lowest BCUT2D eigenvalue weighted by molar-refractivity contribution is -0.373. The second-order valence-electron chi connectivity index (χ2n) is 44.1. The Kier molecular flexibility index (Phi) is 69.1. The highest BCUT2D eigenvalue weighted by Crippen LogP contribution is 2.45. The first-order chi connectivity index (χ1) is 62.2. The highest BCUT2D eigenvalue weighted by molar-refractivity contribution is 7.74. The van der Waals surface area contributed by atoms with Gasteiger partial charge < -0.3 is 93.1 Å². The van der Waals surface area contributed by atoms with E-state index in [1.807, 2.05) is 0 Å². The van der Waals surface area contributed by atoms with Crippen molar-refractivity contribution < 1.29 is 120 Å². The summed E-state index contributed by atoms with van der Waals surface area (Å²) in [6.07, 6.45) is 18.2. The van der Waals surface area contributed by atoms with Crippen molar-refractivity contribution in [3.63, 3.8) is 0 Å². The minimum atomic E-state index is -5.03. The zero-order valence-corrected chi connectivity index (χ0v) is 88.3. The Labute approximate surface area is 801 Å². The van der Waals surface area contributed by atoms with Crippen LogP contribution in [-0.4, -0.2) is 232 Å². The van der Waals surface area contributed by atoms with Crippen molar-refractivity contribution in [2.75, 3.05) is 72.7 Å². The number of ether oxygens (including phenoxy) is 10. The van der Waals surface area contributed by atoms with Gasteiger partial charge in [0.2, 0.25) is 0 Å². The van der Waals surface area contributed by atoms with Crippen LogP contribution in [0, 0.1) is 94.7 Å². The summed E-state index contributed by atoms with van der Waals surface area (Å²) < 4.78 is 114. The quantitative estimate of drug-likeness (QED) is 0.0154. The molecule has 0 aromatic heterocycles. The summed E-state index contributed by atoms with van der Waals surface area (Å²) in [6, 6.07) is 0. The third-order valence-corrected chi connectivity index (χ3v) is 29.8. The zero-order chi connectivity index (χ0) is 97.4. The minimum Gasteiger partial charge on any atom is -0.394 e. The molecular formula is C104H205O25PS. The molecule has 0 aliphatic carbocycles. The molecule has 782 valence electrons. The molecule has 0 bridgehead atoms. The van der Waals surface area contributed by atoms with Gasteiger partial charge in [0, 0.05) is 26.4 Å². The molecule has 0 aromatic rings. The third-order valence-electron chi connectivity index (χ3n) is 28.4. The molecule has 0 spiro atoms. The van der Waals surface area contributed by atoms with E-state index in [1.54, 1.807) is 0 Å². The lowest BCUT2D eigenvalue weighted by atomic mass is 9.91. The second kappa shape index (κ2) is 72.7. The van der Waals surface area contributed by atoms with E-state index in [1.165, 1.54) is 173 Å². The van der Waals surface area contributed by atoms with Gasteiger partial charge in [-0.25, -0.2) is 4.57 Å². The summed E-state index contributed by atoms with van der Waals surface area (Å²) in [5.74, 6) is 10.2. The van der Waals surface area contributed by atoms with Crippen molar-refractivity contribution >= 4 is 19.2 Å². The third kappa shape index (κ3) is 58.6. The lowest BCUT2D eigenvalue weighted by Gasteiger charge is -2.46. The smallest absolute Gasteiger partial charge is 0.394 e. The minimum absolute atomic E-state index is 0.0885. The molecule has 0 saturated carbocycles. The van der Waals surface area contributed by atoms with Crippen molar-refractivity contribution in [2.45, 2.75) is 500 Å². The van der Waals surface area contributed by atoms with E-state index >= 15 is 0 Å². The van der Waals surface area contributed by atoms with Crippen LogP contribution in [0.1, 0.15) is 395 Å². The molecule has 0 aromatic carbocycles. The molecule has 0 amide bonds. The molecule has 3 fully saturated rings. The van der Waals surface area contributed by atoms with Crippen LogP contribution in [0.2, 0.25) is 0 Å². The molecule has 3 heterocycles. The number of aliphatic hydroxyl groups is 8. The highest BCUT2D eigenvalue weighted by atomic mass is 32.2. The number of phosphoric ester groups is 1. The molecule has 10 N–H and O–H groups in total. The molecule has 27 heteroatoms. The fourth-order valence-corrected chi connectivity index (χ4v) is 19.9. The van der Waals surface area contributed by atoms with E-state index in [0.717, 1.165) is 131 Å². The van der Waals surface area contributed by atoms with Gasteiger partial charge in [-0.3, -0.25) is 17.8 Å². The average molecular weight is 1920 g/mol. The predicted molar refractivity (Wildman–Crippen MR) is 524 cm³/mol. The fraction of sp³-hybridized carbons (Fsp3) is 1.00. The Morgan fingerprint density at radius 1 is 0.298 bits per heavy atom. The summed E-state index contributed by atoms with van der Waals surface area (Å²) in [6.45, 7) is 45.2. The summed E-state index contributed by atoms with van der Waals surface area (Å²) in [7, 11) is -5.03. The Morgan fingerprint density at radius 3 is 0.931 bits per heavy atom. The Hall–Kier alpha value is -0.540. The molecule has 131 heavy (non-hydrogen) atoms. The van der Waals surface area contributed by atoms with Gasteiger partial charge in [-0.15, -0.1) is 0 Å². The van der Waals surface area contributed by atoms with Crippen LogP contribution in [0.3, 0.4) is 0 Å². The summed E-state index contributed by atoms with van der Waals surface area (Å²) in [5, 5.41) is 90.6. The van der Waals surface area contributed by atoms with Gasteiger partial charge in [0.05, 0.1) is 46.2 Å². The van der Waals surface area contributed by atoms with E-state index in [0.29, 0.717) is 73.8 Å². The van der Waals surface area contributed by atoms with Gasteiger partial charge in [0.25, 0.3) is 0 Å². The normalized spacial score (nSPS) is 27.0. The van der Waals surface area contributed by atoms with Crippen LogP contribution in [0.15, 0.2) is 0 Å². The van der Waals surface area contributed by atoms with Crippen LogP contribution in [0.25, 0.3) is 0 Å². The van der Waals surface area contributed by atoms with Crippen molar-refractivity contribution in [1.29, 1.82) is 0 Å². The molecule has 17 unspecified atom stereocenters. The van der Waals surface area contributed by atoms with Crippen molar-refractivity contribution in [1.82, 2.24) is 0 Å². The largest absolute Gasteiger partial charge is 0.472 e. The molecule has 31 atom stereocenters. The maximum absolute atomic E-state index is 14.2. The van der Waals surface area contributed by atoms with Crippen molar-refractivity contribution in [3.05, 3.63) is 0 Å². The van der Waals surface area contributed by atoms with E-state index in [-0.39, 0.29) is 26.4 Å². The van der Waals surface area contributed by atoms with Gasteiger partial charge >= 0.3 is 19.2 Å². The highest BCUT2D eigenvalue weighted by Gasteiger charge is 2.53. The van der Waals surface area contributed by atoms with Crippen LogP contribution in [0.5, 0.6) is 0 Å². The first-order valence-electron chi connectivity index (χ1n) is 53.2. The number of hydrogen-bond acceptors (Lipinski definition) is 23. The zero-order valence-electron chi connectivity index (χ0n) is 86.6. The first kappa shape index (κ1) is 125. The fourth-order valence-electron chi connectivity index (χ4n) is 18.7. The summed E-state index contributed by atoms with van der Waals surface area (Å²) in [4.78, 5) is 11.6. The average Bonchev–Trinajstić information content (AvgIpc) is 0.780. The van der Waals surface area contributed by atoms with Gasteiger partial charge in [-0.1, -0.05) is 370 Å². The second-order valence-corrected chi connectivity index (χ2v) is 46.2. The lowest BCUT2D eigenvalue weighted by Crippen LogP contribution is -2.65. The molecule has 25 nitrogen and oxygen atoms in total. The maximum atomic E-state index is 14.2. The van der Waals surface area contributed by atoms with Gasteiger partial charge in [0.1, 0.15) is 85.5 Å². The topological polar surface area (TPSA) is 356 Å². The van der Waals surface area contributed by atoms with Crippen molar-refractivity contribution in [2.24, 2.45) is 94.7 Å². The number of hydrogen-bond donors (Lipinski definition) is 10. The number of aliphatic hydroxyl groups excluding tert-OH is 8. The van der Waals surface area contributed by atoms with Gasteiger partial charge in [-0.2, -0.15) is 4.21 Å². The molecule has 3 rings (SSSR count). The molecule has 0 radical (unpaired) electrons. The summed E-state index contributed by atoms with van der Waals surface area (Å²) >= 11 is -3.00. The maximum Gasteiger partial charge on any atom is 0.472 e. The van der Waals surface area contributed by atoms with Crippen LogP contribution >= 0.6 is 7.82 Å². The van der Waals surface area contributed by atoms with E-state index < -0.39 is 143 Å². The van der Waals surface area contributed by atoms with Crippen LogP contribution in [0.4, 0.5) is 0 Å². The Balaban J connectivity index is 1.90. The number of rotatable bonds is 83. The van der Waals surface area contributed by atoms with Crippen LogP contribution < -0.4 is 0 Å². The molecular weight excluding hydrogens is 1710 g/mol. The Morgan fingerprint density at radius 2 is 0.595 bits per heavy atom. The van der Waals surface area contributed by atoms with Gasteiger partial charge in [0.15, 0.2) is 18.9 Å². The predicted octanol–water partition coefficient (Wildman–Crippen LogP) is 21.4. The molecule has 3 aliphatic heterocycles. The Bertz CT molecular complexity index is 2770. The first-order valence-corrected chi connectivity index (χ1v) is 55.7. The molecule has 3 aliphatic rings. The van der Waals surface area contributed by atoms with Gasteiger partial charge in [-0.05, 0) is 120 Å². The number of phosphoric acid groups is 1. The SMILES string of the molecule is CC(C)CCCC(C)CCCC(C)CCCC(C)CCOCC(CO[C@H]1O[C@H](COP(=O)(O)OCC(COCCC(C)CCCC(C)CCCC(C)CCCC(C)C)OCCC(C)CCCC(C)CCCC(C)CCCC(C)C)[C@@H](O)[C@H](O)[C@H]1OC1O[C@H](CO[C@@H]2O[C@H](CO)[C@H](O)[C@H](OS(=O)O)[C@H]2O)[C@@H](O)[C@H](O)[C@@H]1O)OCCC(C)CCCC(C)CCCC(C)CCCC(C)C. The van der Waals surface area contributed by atoms with E-state index in [9.17, 15) is 59.1 Å². The van der Waals surface area contributed by atoms with Crippen LogP contribution in [-0.2, 0) is 76.5 Å². The summed E-state index contributed by atoms with van der Waals surface area (Å²) in [5.41, 5.74) is 0. The molecule has 3 saturated heterocycles. The monoisotopic (exact) mass is 1920 g/mol. The van der Waals surface area contributed by atoms with Crippen molar-refractivity contribution in [3.8, 4) is 0 Å². The van der Waals surface area contributed by atoms with E-state index in [2.05, 4.69) is 138 Å².